The first-order valence-corrected chi connectivity index (χ1v) is 5.68. The summed E-state index contributed by atoms with van der Waals surface area (Å²) in [6, 6.07) is 7.86. The van der Waals surface area contributed by atoms with Crippen LogP contribution in [0, 0.1) is 6.92 Å². The zero-order valence-corrected chi connectivity index (χ0v) is 10.1. The second-order valence-corrected chi connectivity index (χ2v) is 4.23. The molecule has 94 valence electrons. The monoisotopic (exact) mass is 245 g/mol. The van der Waals surface area contributed by atoms with Crippen molar-refractivity contribution in [2.45, 2.75) is 20.0 Å². The van der Waals surface area contributed by atoms with Crippen molar-refractivity contribution in [3.05, 3.63) is 68.0 Å². The van der Waals surface area contributed by atoms with Crippen LogP contribution >= 0.6 is 0 Å². The smallest absolute Gasteiger partial charge is 0.326 e. The van der Waals surface area contributed by atoms with Crippen LogP contribution in [-0.4, -0.2) is 9.55 Å². The number of aromatic amines is 1. The lowest BCUT2D eigenvalue weighted by Gasteiger charge is -2.07. The Kier molecular flexibility index (Phi) is 3.43. The van der Waals surface area contributed by atoms with Gasteiger partial charge in [-0.15, -0.1) is 0 Å². The van der Waals surface area contributed by atoms with Gasteiger partial charge in [-0.2, -0.15) is 0 Å². The molecule has 5 nitrogen and oxygen atoms in total. The van der Waals surface area contributed by atoms with Gasteiger partial charge < -0.3 is 5.73 Å². The molecule has 1 aromatic carbocycles. The third kappa shape index (κ3) is 2.57. The number of rotatable bonds is 3. The Morgan fingerprint density at radius 2 is 2.11 bits per heavy atom. The van der Waals surface area contributed by atoms with E-state index in [4.69, 9.17) is 5.73 Å². The number of nitrogens with one attached hydrogen (secondary N) is 1. The minimum Gasteiger partial charge on any atom is -0.326 e. The first-order valence-electron chi connectivity index (χ1n) is 5.68. The summed E-state index contributed by atoms with van der Waals surface area (Å²) >= 11 is 0. The van der Waals surface area contributed by atoms with Crippen LogP contribution in [0.25, 0.3) is 0 Å². The quantitative estimate of drug-likeness (QED) is 0.818. The molecule has 0 radical (unpaired) electrons. The number of nitrogens with two attached hydrogens (primary N) is 1. The Hall–Kier alpha value is -2.14. The number of hydrogen-bond donors (Lipinski definition) is 2. The molecule has 0 amide bonds. The van der Waals surface area contributed by atoms with Gasteiger partial charge >= 0.3 is 5.69 Å². The lowest BCUT2D eigenvalue weighted by molar-refractivity contribution is 0.705. The summed E-state index contributed by atoms with van der Waals surface area (Å²) in [6.07, 6.45) is 1.52. The first kappa shape index (κ1) is 12.3. The van der Waals surface area contributed by atoms with Gasteiger partial charge in [-0.1, -0.05) is 29.8 Å². The molecule has 0 saturated carbocycles. The summed E-state index contributed by atoms with van der Waals surface area (Å²) in [4.78, 5) is 25.3. The van der Waals surface area contributed by atoms with E-state index in [0.29, 0.717) is 12.1 Å². The van der Waals surface area contributed by atoms with Crippen molar-refractivity contribution in [2.75, 3.05) is 0 Å². The van der Waals surface area contributed by atoms with Gasteiger partial charge in [-0.3, -0.25) is 14.3 Å². The van der Waals surface area contributed by atoms with Crippen molar-refractivity contribution in [3.63, 3.8) is 0 Å². The molecule has 0 aliphatic rings. The number of aromatic nitrogens is 2. The molecule has 5 heteroatoms. The minimum atomic E-state index is -0.418. The molecular weight excluding hydrogens is 230 g/mol. The van der Waals surface area contributed by atoms with Gasteiger partial charge in [0, 0.05) is 18.3 Å². The molecule has 3 N–H and O–H groups in total. The summed E-state index contributed by atoms with van der Waals surface area (Å²) in [7, 11) is 0. The predicted molar refractivity (Wildman–Crippen MR) is 69.5 cm³/mol. The van der Waals surface area contributed by atoms with E-state index in [1.165, 1.54) is 10.8 Å². The third-order valence-corrected chi connectivity index (χ3v) is 2.74. The van der Waals surface area contributed by atoms with E-state index in [1.54, 1.807) is 0 Å². The normalized spacial score (nSPS) is 10.6. The van der Waals surface area contributed by atoms with Crippen molar-refractivity contribution in [1.82, 2.24) is 9.55 Å². The molecule has 1 aromatic heterocycles. The number of hydrogen-bond acceptors (Lipinski definition) is 3. The zero-order chi connectivity index (χ0) is 13.1. The van der Waals surface area contributed by atoms with Crippen LogP contribution < -0.4 is 17.0 Å². The summed E-state index contributed by atoms with van der Waals surface area (Å²) in [5, 5.41) is 0. The molecule has 0 saturated heterocycles. The Morgan fingerprint density at radius 3 is 2.78 bits per heavy atom. The molecule has 0 unspecified atom stereocenters. The van der Waals surface area contributed by atoms with Crippen LogP contribution in [0.4, 0.5) is 0 Å². The molecule has 0 aliphatic heterocycles. The maximum Gasteiger partial charge on any atom is 0.328 e. The van der Waals surface area contributed by atoms with Gasteiger partial charge in [0.15, 0.2) is 0 Å². The molecule has 2 rings (SSSR count). The lowest BCUT2D eigenvalue weighted by Crippen LogP contribution is -2.32. The Bertz CT molecular complexity index is 670. The Morgan fingerprint density at radius 1 is 1.33 bits per heavy atom. The van der Waals surface area contributed by atoms with Gasteiger partial charge in [0.1, 0.15) is 0 Å². The van der Waals surface area contributed by atoms with Crippen LogP contribution in [-0.2, 0) is 13.1 Å². The second-order valence-electron chi connectivity index (χ2n) is 4.23. The number of H-pyrrole nitrogens is 1. The first-order chi connectivity index (χ1) is 8.60. The fraction of sp³-hybridized carbons (Fsp3) is 0.231. The van der Waals surface area contributed by atoms with E-state index in [2.05, 4.69) is 4.98 Å². The summed E-state index contributed by atoms with van der Waals surface area (Å²) in [6.45, 7) is 2.53. The number of nitrogens with zero attached hydrogens (tertiary/aromatic N) is 1. The molecule has 1 heterocycles. The van der Waals surface area contributed by atoms with Gasteiger partial charge in [0.2, 0.25) is 0 Å². The van der Waals surface area contributed by atoms with E-state index in [-0.39, 0.29) is 6.54 Å². The van der Waals surface area contributed by atoms with E-state index in [1.807, 2.05) is 31.2 Å². The van der Waals surface area contributed by atoms with Crippen LogP contribution in [0.1, 0.15) is 16.7 Å². The van der Waals surface area contributed by atoms with Gasteiger partial charge in [0.05, 0.1) is 6.54 Å². The second kappa shape index (κ2) is 5.01. The highest BCUT2D eigenvalue weighted by Gasteiger charge is 2.03. The van der Waals surface area contributed by atoms with Crippen molar-refractivity contribution < 1.29 is 0 Å². The third-order valence-electron chi connectivity index (χ3n) is 2.74. The molecule has 0 spiro atoms. The van der Waals surface area contributed by atoms with E-state index in [0.717, 1.165) is 11.1 Å². The molecule has 0 atom stereocenters. The SMILES string of the molecule is Cc1cccc(Cn2cc(CN)c(=O)[nH]c2=O)c1. The van der Waals surface area contributed by atoms with Gasteiger partial charge in [-0.25, -0.2) is 4.79 Å². The molecular formula is C13H15N3O2. The number of aryl methyl sites for hydroxylation is 1. The number of benzene rings is 1. The van der Waals surface area contributed by atoms with Gasteiger partial charge in [-0.05, 0) is 12.5 Å². The van der Waals surface area contributed by atoms with Crippen LogP contribution in [0.15, 0.2) is 40.1 Å². The lowest BCUT2D eigenvalue weighted by atomic mass is 10.1. The molecule has 0 aliphatic carbocycles. The highest BCUT2D eigenvalue weighted by atomic mass is 16.2. The Balaban J connectivity index is 2.40. The van der Waals surface area contributed by atoms with Crippen LogP contribution in [0.5, 0.6) is 0 Å². The summed E-state index contributed by atoms with van der Waals surface area (Å²) < 4.78 is 1.46. The zero-order valence-electron chi connectivity index (χ0n) is 10.1. The van der Waals surface area contributed by atoms with Crippen LogP contribution in [0.2, 0.25) is 0 Å². The van der Waals surface area contributed by atoms with Crippen molar-refractivity contribution >= 4 is 0 Å². The van der Waals surface area contributed by atoms with E-state index < -0.39 is 11.2 Å². The van der Waals surface area contributed by atoms with Crippen LogP contribution in [0.3, 0.4) is 0 Å². The van der Waals surface area contributed by atoms with Crippen molar-refractivity contribution in [1.29, 1.82) is 0 Å². The van der Waals surface area contributed by atoms with Gasteiger partial charge in [0.25, 0.3) is 5.56 Å². The molecule has 18 heavy (non-hydrogen) atoms. The average molecular weight is 245 g/mol. The molecule has 0 fully saturated rings. The molecule has 0 bridgehead atoms. The maximum atomic E-state index is 11.7. The van der Waals surface area contributed by atoms with Crippen molar-refractivity contribution in [3.8, 4) is 0 Å². The maximum absolute atomic E-state index is 11.7. The average Bonchev–Trinajstić information content (AvgIpc) is 2.33. The van der Waals surface area contributed by atoms with E-state index >= 15 is 0 Å². The summed E-state index contributed by atoms with van der Waals surface area (Å²) in [5.41, 5.74) is 7.16. The fourth-order valence-electron chi connectivity index (χ4n) is 1.82. The topological polar surface area (TPSA) is 80.9 Å². The highest BCUT2D eigenvalue weighted by Crippen LogP contribution is 2.04. The standard InChI is InChI=1S/C13H15N3O2/c1-9-3-2-4-10(5-9)7-16-8-11(6-14)12(17)15-13(16)18/h2-5,8H,6-7,14H2,1H3,(H,15,17,18). The van der Waals surface area contributed by atoms with Crippen molar-refractivity contribution in [2.24, 2.45) is 5.73 Å². The molecule has 2 aromatic rings. The highest BCUT2D eigenvalue weighted by molar-refractivity contribution is 5.22. The van der Waals surface area contributed by atoms with E-state index in [9.17, 15) is 9.59 Å². The largest absolute Gasteiger partial charge is 0.328 e. The minimum absolute atomic E-state index is 0.115. The summed E-state index contributed by atoms with van der Waals surface area (Å²) in [5.74, 6) is 0. The fourth-order valence-corrected chi connectivity index (χ4v) is 1.82. The Labute approximate surface area is 104 Å². The predicted octanol–water partition coefficient (Wildman–Crippen LogP) is 0.352.